The number of ether oxygens (including phenoxy) is 1. The summed E-state index contributed by atoms with van der Waals surface area (Å²) in [4.78, 5) is 18.6. The second-order valence-corrected chi connectivity index (χ2v) is 8.49. The van der Waals surface area contributed by atoms with Crippen LogP contribution in [0.3, 0.4) is 0 Å². The zero-order valence-corrected chi connectivity index (χ0v) is 18.1. The van der Waals surface area contributed by atoms with E-state index in [1.54, 1.807) is 17.7 Å². The largest absolute Gasteiger partial charge is 0.383 e. The third-order valence-corrected chi connectivity index (χ3v) is 6.33. The standard InChI is InChI=1S/C25H24ClN3O2/c1-31-11-10-28-15-19(16-28)23-14-27-24-13-21(6-7-22(23)24)29-9-8-18(12-25(29)30)17-2-4-20(26)5-3-17/h2-9,12-14,19,27H,10-11,15-16H2,1H3. The predicted octanol–water partition coefficient (Wildman–Crippen LogP) is 4.68. The van der Waals surface area contributed by atoms with E-state index in [2.05, 4.69) is 22.1 Å². The number of fused-ring (bicyclic) bond motifs is 1. The highest BCUT2D eigenvalue weighted by Crippen LogP contribution is 2.33. The minimum atomic E-state index is -0.0636. The van der Waals surface area contributed by atoms with Crippen LogP contribution in [0.4, 0.5) is 0 Å². The molecule has 0 bridgehead atoms. The first-order chi connectivity index (χ1) is 15.1. The van der Waals surface area contributed by atoms with Gasteiger partial charge in [0, 0.05) is 67.0 Å². The topological polar surface area (TPSA) is 50.3 Å². The van der Waals surface area contributed by atoms with Gasteiger partial charge in [-0.25, -0.2) is 0 Å². The lowest BCUT2D eigenvalue weighted by atomic mass is 9.91. The van der Waals surface area contributed by atoms with Gasteiger partial charge in [0.25, 0.3) is 5.56 Å². The van der Waals surface area contributed by atoms with E-state index in [1.807, 2.05) is 48.7 Å². The van der Waals surface area contributed by atoms with Crippen LogP contribution >= 0.6 is 11.6 Å². The maximum atomic E-state index is 12.8. The maximum Gasteiger partial charge on any atom is 0.255 e. The fourth-order valence-corrected chi connectivity index (χ4v) is 4.43. The predicted molar refractivity (Wildman–Crippen MR) is 125 cm³/mol. The number of rotatable bonds is 6. The van der Waals surface area contributed by atoms with E-state index in [-0.39, 0.29) is 5.56 Å². The molecule has 31 heavy (non-hydrogen) atoms. The summed E-state index contributed by atoms with van der Waals surface area (Å²) in [7, 11) is 1.74. The molecule has 5 rings (SSSR count). The molecular formula is C25H24ClN3O2. The summed E-state index contributed by atoms with van der Waals surface area (Å²) in [6.07, 6.45) is 3.94. The average Bonchev–Trinajstić information content (AvgIpc) is 3.16. The second kappa shape index (κ2) is 8.35. The zero-order chi connectivity index (χ0) is 21.4. The highest BCUT2D eigenvalue weighted by Gasteiger charge is 2.29. The normalized spacial score (nSPS) is 14.8. The number of aromatic amines is 1. The van der Waals surface area contributed by atoms with Crippen molar-refractivity contribution in [2.75, 3.05) is 33.4 Å². The van der Waals surface area contributed by atoms with E-state index in [9.17, 15) is 4.79 Å². The molecule has 158 valence electrons. The molecule has 0 unspecified atom stereocenters. The SMILES string of the molecule is COCCN1CC(c2c[nH]c3cc(-n4ccc(-c5ccc(Cl)cc5)cc4=O)ccc23)C1. The maximum absolute atomic E-state index is 12.8. The van der Waals surface area contributed by atoms with Gasteiger partial charge in [-0.05, 0) is 47.0 Å². The van der Waals surface area contributed by atoms with Crippen LogP contribution in [0, 0.1) is 0 Å². The van der Waals surface area contributed by atoms with Crippen molar-refractivity contribution >= 4 is 22.5 Å². The van der Waals surface area contributed by atoms with Gasteiger partial charge in [0.15, 0.2) is 0 Å². The van der Waals surface area contributed by atoms with Gasteiger partial charge in [-0.3, -0.25) is 14.3 Å². The van der Waals surface area contributed by atoms with Crippen molar-refractivity contribution in [3.63, 3.8) is 0 Å². The van der Waals surface area contributed by atoms with Crippen LogP contribution in [-0.2, 0) is 4.74 Å². The Labute approximate surface area is 185 Å². The number of hydrogen-bond donors (Lipinski definition) is 1. The fraction of sp³-hybridized carbons (Fsp3) is 0.240. The van der Waals surface area contributed by atoms with Gasteiger partial charge < -0.3 is 9.72 Å². The van der Waals surface area contributed by atoms with Gasteiger partial charge in [0.1, 0.15) is 0 Å². The number of likely N-dealkylation sites (tertiary alicyclic amines) is 1. The van der Waals surface area contributed by atoms with Crippen LogP contribution in [0.15, 0.2) is 71.8 Å². The van der Waals surface area contributed by atoms with E-state index in [1.165, 1.54) is 10.9 Å². The Hall–Kier alpha value is -2.86. The van der Waals surface area contributed by atoms with Crippen molar-refractivity contribution < 1.29 is 4.74 Å². The number of halogens is 1. The van der Waals surface area contributed by atoms with Crippen LogP contribution in [0.25, 0.3) is 27.7 Å². The molecule has 1 aliphatic rings. The smallest absolute Gasteiger partial charge is 0.255 e. The highest BCUT2D eigenvalue weighted by molar-refractivity contribution is 6.30. The first-order valence-corrected chi connectivity index (χ1v) is 10.8. The summed E-state index contributed by atoms with van der Waals surface area (Å²) >= 11 is 5.97. The molecule has 3 heterocycles. The van der Waals surface area contributed by atoms with Crippen molar-refractivity contribution in [2.45, 2.75) is 5.92 Å². The molecule has 6 heteroatoms. The van der Waals surface area contributed by atoms with Crippen LogP contribution in [0.2, 0.25) is 5.02 Å². The summed E-state index contributed by atoms with van der Waals surface area (Å²) in [5, 5.41) is 1.91. The number of nitrogens with one attached hydrogen (secondary N) is 1. The van der Waals surface area contributed by atoms with Crippen LogP contribution in [0.5, 0.6) is 0 Å². The molecule has 5 nitrogen and oxygen atoms in total. The molecule has 1 fully saturated rings. The van der Waals surface area contributed by atoms with Gasteiger partial charge in [-0.15, -0.1) is 0 Å². The van der Waals surface area contributed by atoms with E-state index in [0.29, 0.717) is 10.9 Å². The lowest BCUT2D eigenvalue weighted by Crippen LogP contribution is -2.46. The van der Waals surface area contributed by atoms with E-state index in [0.717, 1.165) is 48.6 Å². The quantitative estimate of drug-likeness (QED) is 0.480. The van der Waals surface area contributed by atoms with E-state index in [4.69, 9.17) is 16.3 Å². The zero-order valence-electron chi connectivity index (χ0n) is 17.3. The van der Waals surface area contributed by atoms with E-state index < -0.39 is 0 Å². The minimum Gasteiger partial charge on any atom is -0.383 e. The molecule has 0 saturated carbocycles. The molecule has 0 atom stereocenters. The Morgan fingerprint density at radius 3 is 2.61 bits per heavy atom. The van der Waals surface area contributed by atoms with Gasteiger partial charge in [0.05, 0.1) is 12.3 Å². The molecule has 1 aliphatic heterocycles. The summed E-state index contributed by atoms with van der Waals surface area (Å²) in [5.41, 5.74) is 5.04. The molecule has 0 spiro atoms. The number of pyridine rings is 1. The molecular weight excluding hydrogens is 410 g/mol. The lowest BCUT2D eigenvalue weighted by Gasteiger charge is -2.39. The molecule has 1 saturated heterocycles. The highest BCUT2D eigenvalue weighted by atomic mass is 35.5. The van der Waals surface area contributed by atoms with Crippen LogP contribution < -0.4 is 5.56 Å². The molecule has 0 radical (unpaired) electrons. The average molecular weight is 434 g/mol. The summed E-state index contributed by atoms with van der Waals surface area (Å²) < 4.78 is 6.84. The lowest BCUT2D eigenvalue weighted by molar-refractivity contribution is 0.0947. The van der Waals surface area contributed by atoms with E-state index >= 15 is 0 Å². The van der Waals surface area contributed by atoms with Crippen LogP contribution in [-0.4, -0.2) is 47.8 Å². The Bertz CT molecular complexity index is 1270. The Kier molecular flexibility index (Phi) is 5.40. The molecule has 4 aromatic rings. The van der Waals surface area contributed by atoms with Gasteiger partial charge in [0.2, 0.25) is 0 Å². The Morgan fingerprint density at radius 1 is 1.06 bits per heavy atom. The van der Waals surface area contributed by atoms with Gasteiger partial charge in [-0.1, -0.05) is 29.8 Å². The monoisotopic (exact) mass is 433 g/mol. The van der Waals surface area contributed by atoms with Crippen molar-refractivity contribution in [3.8, 4) is 16.8 Å². The molecule has 0 amide bonds. The third kappa shape index (κ3) is 3.92. The number of nitrogens with zero attached hydrogens (tertiary/aromatic N) is 2. The van der Waals surface area contributed by atoms with Crippen LogP contribution in [0.1, 0.15) is 11.5 Å². The minimum absolute atomic E-state index is 0.0636. The molecule has 0 aliphatic carbocycles. The number of aromatic nitrogens is 2. The Balaban J connectivity index is 1.39. The molecule has 2 aromatic carbocycles. The van der Waals surface area contributed by atoms with Gasteiger partial charge in [-0.2, -0.15) is 0 Å². The first-order valence-electron chi connectivity index (χ1n) is 10.4. The van der Waals surface area contributed by atoms with Crippen molar-refractivity contribution in [1.29, 1.82) is 0 Å². The number of methoxy groups -OCH3 is 1. The molecule has 2 aromatic heterocycles. The summed E-state index contributed by atoms with van der Waals surface area (Å²) in [5.74, 6) is 0.540. The summed E-state index contributed by atoms with van der Waals surface area (Å²) in [6.45, 7) is 3.87. The first kappa shape index (κ1) is 20.1. The summed E-state index contributed by atoms with van der Waals surface area (Å²) in [6, 6.07) is 17.3. The van der Waals surface area contributed by atoms with Gasteiger partial charge >= 0.3 is 0 Å². The third-order valence-electron chi connectivity index (χ3n) is 6.08. The fourth-order valence-electron chi connectivity index (χ4n) is 4.31. The second-order valence-electron chi connectivity index (χ2n) is 8.05. The van der Waals surface area contributed by atoms with Crippen molar-refractivity contribution in [2.24, 2.45) is 0 Å². The number of hydrogen-bond acceptors (Lipinski definition) is 3. The number of H-pyrrole nitrogens is 1. The van der Waals surface area contributed by atoms with Crippen molar-refractivity contribution in [1.82, 2.24) is 14.5 Å². The number of benzene rings is 2. The van der Waals surface area contributed by atoms with Crippen molar-refractivity contribution in [3.05, 3.63) is 87.9 Å². The Morgan fingerprint density at radius 2 is 1.87 bits per heavy atom. The molecule has 1 N–H and O–H groups in total.